The van der Waals surface area contributed by atoms with E-state index in [0.29, 0.717) is 23.6 Å². The number of nitrogens with zero attached hydrogens (tertiary/aromatic N) is 3. The molecule has 8 heteroatoms. The van der Waals surface area contributed by atoms with E-state index in [9.17, 15) is 0 Å². The van der Waals surface area contributed by atoms with Gasteiger partial charge in [0, 0.05) is 16.1 Å². The molecular weight excluding hydrogens is 374 g/mol. The number of hydrogen-bond donors (Lipinski definition) is 2. The Morgan fingerprint density at radius 3 is 2.62 bits per heavy atom. The molecule has 0 atom stereocenters. The fourth-order valence-electron chi connectivity index (χ4n) is 2.21. The van der Waals surface area contributed by atoms with Gasteiger partial charge >= 0.3 is 0 Å². The molecule has 0 saturated heterocycles. The van der Waals surface area contributed by atoms with Crippen LogP contribution in [0.1, 0.15) is 18.4 Å². The predicted octanol–water partition coefficient (Wildman–Crippen LogP) is 3.20. The van der Waals surface area contributed by atoms with E-state index in [2.05, 4.69) is 31.1 Å². The van der Waals surface area contributed by atoms with E-state index in [4.69, 9.17) is 20.7 Å². The number of aryl methyl sites for hydroxylation is 1. The van der Waals surface area contributed by atoms with Crippen molar-refractivity contribution in [1.29, 1.82) is 0 Å². The Bertz CT molecular complexity index is 848. The molecule has 0 fully saturated rings. The molecule has 0 unspecified atom stereocenters. The van der Waals surface area contributed by atoms with Crippen LogP contribution < -0.4 is 16.2 Å². The van der Waals surface area contributed by atoms with Gasteiger partial charge in [0.05, 0.1) is 5.69 Å². The molecule has 0 saturated carbocycles. The van der Waals surface area contributed by atoms with Crippen molar-refractivity contribution in [2.45, 2.75) is 20.0 Å². The van der Waals surface area contributed by atoms with Gasteiger partial charge in [-0.05, 0) is 18.6 Å². The maximum atomic E-state index is 5.87. The second kappa shape index (κ2) is 6.88. The molecule has 0 amide bonds. The smallest absolute Gasteiger partial charge is 0.222 e. The molecule has 0 spiro atoms. The summed E-state index contributed by atoms with van der Waals surface area (Å²) < 4.78 is 12.0. The zero-order valence-electron chi connectivity index (χ0n) is 13.0. The van der Waals surface area contributed by atoms with Crippen molar-refractivity contribution in [1.82, 2.24) is 15.1 Å². The highest BCUT2D eigenvalue weighted by atomic mass is 79.9. The molecule has 7 nitrogen and oxygen atoms in total. The Hall–Kier alpha value is -2.61. The third-order valence-corrected chi connectivity index (χ3v) is 3.90. The lowest BCUT2D eigenvalue weighted by Gasteiger charge is -2.10. The molecule has 3 rings (SSSR count). The number of aromatic nitrogens is 3. The number of rotatable bonds is 5. The normalized spacial score (nSPS) is 10.8. The summed E-state index contributed by atoms with van der Waals surface area (Å²) in [6.45, 7) is 2.11. The van der Waals surface area contributed by atoms with E-state index in [0.717, 1.165) is 15.7 Å². The quantitative estimate of drug-likeness (QED) is 0.688. The van der Waals surface area contributed by atoms with Crippen molar-refractivity contribution in [3.05, 3.63) is 46.3 Å². The fraction of sp³-hybridized carbons (Fsp3) is 0.188. The first-order valence-corrected chi connectivity index (χ1v) is 8.12. The lowest BCUT2D eigenvalue weighted by Crippen LogP contribution is -2.08. The summed E-state index contributed by atoms with van der Waals surface area (Å²) in [5.74, 6) is 1.35. The minimum absolute atomic E-state index is 0.133. The third kappa shape index (κ3) is 3.48. The molecule has 0 aliphatic carbocycles. The van der Waals surface area contributed by atoms with Gasteiger partial charge in [-0.2, -0.15) is 4.98 Å². The summed E-state index contributed by atoms with van der Waals surface area (Å²) in [5, 5.41) is 4.05. The molecule has 1 aromatic carbocycles. The van der Waals surface area contributed by atoms with Crippen molar-refractivity contribution in [2.24, 2.45) is 0 Å². The van der Waals surface area contributed by atoms with Crippen LogP contribution in [0.4, 0.5) is 11.8 Å². The summed E-state index contributed by atoms with van der Waals surface area (Å²) in [4.78, 5) is 8.06. The van der Waals surface area contributed by atoms with Crippen LogP contribution in [0, 0.1) is 0 Å². The molecule has 0 aliphatic heterocycles. The first kappa shape index (κ1) is 16.3. The molecule has 3 aromatic rings. The predicted molar refractivity (Wildman–Crippen MR) is 94.2 cm³/mol. The van der Waals surface area contributed by atoms with E-state index in [1.807, 2.05) is 37.3 Å². The van der Waals surface area contributed by atoms with Crippen LogP contribution in [0.15, 0.2) is 39.3 Å². The molecule has 2 heterocycles. The number of benzene rings is 1. The lowest BCUT2D eigenvalue weighted by atomic mass is 10.1. The van der Waals surface area contributed by atoms with Gasteiger partial charge in [-0.25, -0.2) is 4.98 Å². The minimum Gasteiger partial charge on any atom is -0.480 e. The van der Waals surface area contributed by atoms with Crippen molar-refractivity contribution in [3.8, 4) is 17.0 Å². The Kier molecular flexibility index (Phi) is 4.66. The number of nitrogen functional groups attached to an aromatic ring is 2. The lowest BCUT2D eigenvalue weighted by molar-refractivity contribution is 0.247. The summed E-state index contributed by atoms with van der Waals surface area (Å²) in [6, 6.07) is 9.62. The fourth-order valence-corrected chi connectivity index (χ4v) is 2.48. The zero-order chi connectivity index (χ0) is 17.1. The summed E-state index contributed by atoms with van der Waals surface area (Å²) in [6.07, 6.45) is 0.632. The first-order chi connectivity index (χ1) is 11.6. The van der Waals surface area contributed by atoms with Crippen molar-refractivity contribution in [2.75, 3.05) is 11.5 Å². The largest absolute Gasteiger partial charge is 0.480 e. The van der Waals surface area contributed by atoms with Crippen LogP contribution in [0.25, 0.3) is 11.3 Å². The van der Waals surface area contributed by atoms with Gasteiger partial charge in [0.25, 0.3) is 0 Å². The Labute approximate surface area is 147 Å². The SMILES string of the molecule is CCc1nc(N)nc(N)c1OCc1cc(-c2ccc(Br)cc2)no1. The molecule has 24 heavy (non-hydrogen) atoms. The number of hydrogen-bond acceptors (Lipinski definition) is 7. The van der Waals surface area contributed by atoms with Gasteiger partial charge in [0.2, 0.25) is 5.95 Å². The average molecular weight is 390 g/mol. The second-order valence-corrected chi connectivity index (χ2v) is 5.99. The van der Waals surface area contributed by atoms with E-state index in [1.54, 1.807) is 0 Å². The van der Waals surface area contributed by atoms with Gasteiger partial charge < -0.3 is 20.7 Å². The molecule has 0 bridgehead atoms. The maximum absolute atomic E-state index is 5.87. The van der Waals surface area contributed by atoms with Crippen molar-refractivity contribution in [3.63, 3.8) is 0 Å². The van der Waals surface area contributed by atoms with Crippen LogP contribution in [0.3, 0.4) is 0 Å². The minimum atomic E-state index is 0.133. The van der Waals surface area contributed by atoms with Gasteiger partial charge in [0.1, 0.15) is 12.3 Å². The molecule has 0 radical (unpaired) electrons. The maximum Gasteiger partial charge on any atom is 0.222 e. The van der Waals surface area contributed by atoms with Gasteiger partial charge in [-0.1, -0.05) is 40.1 Å². The molecular formula is C16H16BrN5O2. The van der Waals surface area contributed by atoms with Crippen LogP contribution in [-0.4, -0.2) is 15.1 Å². The number of ether oxygens (including phenoxy) is 1. The second-order valence-electron chi connectivity index (χ2n) is 5.07. The van der Waals surface area contributed by atoms with Crippen LogP contribution in [-0.2, 0) is 13.0 Å². The number of nitrogens with two attached hydrogens (primary N) is 2. The summed E-state index contributed by atoms with van der Waals surface area (Å²) in [5.41, 5.74) is 13.8. The van der Waals surface area contributed by atoms with E-state index in [1.165, 1.54) is 0 Å². The summed E-state index contributed by atoms with van der Waals surface area (Å²) >= 11 is 3.40. The zero-order valence-corrected chi connectivity index (χ0v) is 14.6. The molecule has 2 aromatic heterocycles. The topological polar surface area (TPSA) is 113 Å². The molecule has 4 N–H and O–H groups in total. The summed E-state index contributed by atoms with van der Waals surface area (Å²) in [7, 11) is 0. The number of halogens is 1. The van der Waals surface area contributed by atoms with Crippen molar-refractivity contribution >= 4 is 27.7 Å². The first-order valence-electron chi connectivity index (χ1n) is 7.33. The molecule has 124 valence electrons. The van der Waals surface area contributed by atoms with Gasteiger partial charge in [0.15, 0.2) is 17.3 Å². The van der Waals surface area contributed by atoms with E-state index >= 15 is 0 Å². The third-order valence-electron chi connectivity index (χ3n) is 3.37. The highest BCUT2D eigenvalue weighted by Crippen LogP contribution is 2.27. The standard InChI is InChI=1S/C16H16BrN5O2/c1-2-12-14(15(18)21-16(19)20-12)23-8-11-7-13(22-24-11)9-3-5-10(17)6-4-9/h3-7H,2,8H2,1H3,(H4,18,19,20,21). The molecule has 0 aliphatic rings. The Morgan fingerprint density at radius 2 is 1.92 bits per heavy atom. The van der Waals surface area contributed by atoms with Crippen LogP contribution >= 0.6 is 15.9 Å². The van der Waals surface area contributed by atoms with E-state index in [-0.39, 0.29) is 18.4 Å². The number of anilines is 2. The highest BCUT2D eigenvalue weighted by Gasteiger charge is 2.13. The highest BCUT2D eigenvalue weighted by molar-refractivity contribution is 9.10. The average Bonchev–Trinajstić information content (AvgIpc) is 3.03. The Morgan fingerprint density at radius 1 is 1.17 bits per heavy atom. The van der Waals surface area contributed by atoms with E-state index < -0.39 is 0 Å². The van der Waals surface area contributed by atoms with Crippen molar-refractivity contribution < 1.29 is 9.26 Å². The van der Waals surface area contributed by atoms with Gasteiger partial charge in [-0.15, -0.1) is 0 Å². The monoisotopic (exact) mass is 389 g/mol. The Balaban J connectivity index is 1.75. The van der Waals surface area contributed by atoms with Crippen LogP contribution in [0.5, 0.6) is 5.75 Å². The van der Waals surface area contributed by atoms with Crippen LogP contribution in [0.2, 0.25) is 0 Å². The van der Waals surface area contributed by atoms with Gasteiger partial charge in [-0.3, -0.25) is 0 Å².